The second-order valence-electron chi connectivity index (χ2n) is 15.1. The summed E-state index contributed by atoms with van der Waals surface area (Å²) in [4.78, 5) is 36.0. The summed E-state index contributed by atoms with van der Waals surface area (Å²) in [5.41, 5.74) is 2.13. The van der Waals surface area contributed by atoms with Gasteiger partial charge in [0.2, 0.25) is 5.91 Å². The Morgan fingerprint density at radius 3 is 2.84 bits per heavy atom. The molecule has 0 saturated carbocycles. The Balaban J connectivity index is 0.997. The Morgan fingerprint density at radius 2 is 2.00 bits per heavy atom. The van der Waals surface area contributed by atoms with E-state index in [1.165, 1.54) is 18.2 Å². The summed E-state index contributed by atoms with van der Waals surface area (Å²) in [6, 6.07) is 10.9. The molecular formula is C39H40ClF2N9O4. The van der Waals surface area contributed by atoms with Crippen LogP contribution < -0.4 is 14.5 Å². The summed E-state index contributed by atoms with van der Waals surface area (Å²) in [7, 11) is 0. The molecule has 0 unspecified atom stereocenters. The number of nitrogens with zero attached hydrogens (tertiary/aromatic N) is 9. The predicted octanol–water partition coefficient (Wildman–Crippen LogP) is 5.08. The maximum absolute atomic E-state index is 14.7. The molecule has 4 aromatic rings. The van der Waals surface area contributed by atoms with Crippen LogP contribution in [-0.4, -0.2) is 113 Å². The van der Waals surface area contributed by atoms with Crippen LogP contribution in [0.4, 0.5) is 20.3 Å². The number of hydrogen-bond acceptors (Lipinski definition) is 12. The number of alkyl halides is 1. The molecule has 286 valence electrons. The summed E-state index contributed by atoms with van der Waals surface area (Å²) in [5.74, 6) is 0.838. The van der Waals surface area contributed by atoms with E-state index in [4.69, 9.17) is 35.6 Å². The second-order valence-corrected chi connectivity index (χ2v) is 15.5. The van der Waals surface area contributed by atoms with Crippen LogP contribution in [0.1, 0.15) is 54.6 Å². The fourth-order valence-electron chi connectivity index (χ4n) is 8.84. The van der Waals surface area contributed by atoms with Crippen molar-refractivity contribution in [1.29, 1.82) is 5.26 Å². The summed E-state index contributed by atoms with van der Waals surface area (Å²) >= 11 is 6.55. The monoisotopic (exact) mass is 771 g/mol. The molecule has 5 aliphatic rings. The van der Waals surface area contributed by atoms with Crippen molar-refractivity contribution in [1.82, 2.24) is 29.9 Å². The quantitative estimate of drug-likeness (QED) is 0.210. The number of fused-ring (bicyclic) bond motifs is 3. The molecule has 1 amide bonds. The SMILES string of the molecule is N#CC[C@H]1CN(c2nc(OC[C@@]34CCCN3C[C@H](F)C4)nc3c2CCN(c2cccc4ccc(F)c(Cl)c24)C3)CCN1C(=O)/C=C/c1nc(C2COC2)no1. The van der Waals surface area contributed by atoms with Crippen LogP contribution >= 0.6 is 11.6 Å². The minimum absolute atomic E-state index is 0.0748. The molecule has 16 heteroatoms. The number of carbonyl (C=O) groups is 1. The lowest BCUT2D eigenvalue weighted by atomic mass is 9.95. The molecular weight excluding hydrogens is 732 g/mol. The Bertz CT molecular complexity index is 2190. The number of benzene rings is 2. The lowest BCUT2D eigenvalue weighted by Gasteiger charge is -2.42. The Labute approximate surface area is 321 Å². The number of aromatic nitrogens is 4. The Kier molecular flexibility index (Phi) is 9.52. The zero-order chi connectivity index (χ0) is 37.7. The first kappa shape index (κ1) is 35.8. The third-order valence-electron chi connectivity index (χ3n) is 11.7. The summed E-state index contributed by atoms with van der Waals surface area (Å²) in [6.07, 6.45) is 4.97. The maximum atomic E-state index is 14.7. The van der Waals surface area contributed by atoms with Crippen molar-refractivity contribution < 1.29 is 27.6 Å². The van der Waals surface area contributed by atoms with Crippen molar-refractivity contribution in [2.45, 2.75) is 62.3 Å². The number of amides is 1. The molecule has 0 radical (unpaired) electrons. The number of nitriles is 1. The van der Waals surface area contributed by atoms with E-state index in [9.17, 15) is 18.8 Å². The summed E-state index contributed by atoms with van der Waals surface area (Å²) < 4.78 is 46.3. The van der Waals surface area contributed by atoms with Crippen LogP contribution in [0.15, 0.2) is 40.9 Å². The number of hydrogen-bond donors (Lipinski definition) is 0. The fourth-order valence-corrected chi connectivity index (χ4v) is 9.11. The van der Waals surface area contributed by atoms with Gasteiger partial charge < -0.3 is 28.7 Å². The van der Waals surface area contributed by atoms with E-state index < -0.39 is 18.0 Å². The molecule has 0 bridgehead atoms. The van der Waals surface area contributed by atoms with E-state index in [1.54, 1.807) is 11.0 Å². The Hall–Kier alpha value is -4.91. The van der Waals surface area contributed by atoms with E-state index in [0.717, 1.165) is 41.7 Å². The van der Waals surface area contributed by atoms with E-state index in [2.05, 4.69) is 30.9 Å². The zero-order valence-electron chi connectivity index (χ0n) is 30.2. The average molecular weight is 772 g/mol. The number of halogens is 3. The number of rotatable bonds is 9. The van der Waals surface area contributed by atoms with Gasteiger partial charge >= 0.3 is 6.01 Å². The van der Waals surface area contributed by atoms with E-state index in [-0.39, 0.29) is 47.3 Å². The van der Waals surface area contributed by atoms with Gasteiger partial charge in [-0.2, -0.15) is 20.2 Å². The van der Waals surface area contributed by atoms with Crippen molar-refractivity contribution in [3.8, 4) is 12.1 Å². The normalized spacial score (nSPS) is 24.3. The molecule has 3 atom stereocenters. The second kappa shape index (κ2) is 14.6. The first-order chi connectivity index (χ1) is 26.8. The van der Waals surface area contributed by atoms with Crippen molar-refractivity contribution >= 4 is 45.9 Å². The van der Waals surface area contributed by atoms with Crippen molar-refractivity contribution in [2.75, 3.05) is 68.9 Å². The molecule has 4 fully saturated rings. The van der Waals surface area contributed by atoms with Crippen LogP contribution in [0.3, 0.4) is 0 Å². The number of carbonyl (C=O) groups excluding carboxylic acids is 1. The predicted molar refractivity (Wildman–Crippen MR) is 199 cm³/mol. The van der Waals surface area contributed by atoms with Gasteiger partial charge in [-0.1, -0.05) is 35.0 Å². The number of piperazine rings is 1. The van der Waals surface area contributed by atoms with Crippen LogP contribution in [0.2, 0.25) is 5.02 Å². The largest absolute Gasteiger partial charge is 0.461 e. The average Bonchev–Trinajstić information content (AvgIpc) is 3.87. The third-order valence-corrected chi connectivity index (χ3v) is 12.1. The highest BCUT2D eigenvalue weighted by Crippen LogP contribution is 2.41. The lowest BCUT2D eigenvalue weighted by molar-refractivity contribution is -0.128. The van der Waals surface area contributed by atoms with E-state index in [1.807, 2.05) is 18.2 Å². The molecule has 9 rings (SSSR count). The van der Waals surface area contributed by atoms with Gasteiger partial charge in [0.05, 0.1) is 60.5 Å². The first-order valence-electron chi connectivity index (χ1n) is 18.8. The minimum Gasteiger partial charge on any atom is -0.461 e. The Morgan fingerprint density at radius 1 is 1.11 bits per heavy atom. The fraction of sp³-hybridized carbons (Fsp3) is 0.487. The molecule has 5 aliphatic heterocycles. The van der Waals surface area contributed by atoms with E-state index in [0.29, 0.717) is 82.4 Å². The van der Waals surface area contributed by atoms with Gasteiger partial charge in [-0.15, -0.1) is 0 Å². The molecule has 13 nitrogen and oxygen atoms in total. The molecule has 7 heterocycles. The van der Waals surface area contributed by atoms with Gasteiger partial charge in [0.15, 0.2) is 5.82 Å². The highest BCUT2D eigenvalue weighted by molar-refractivity contribution is 6.36. The molecule has 2 aromatic heterocycles. The molecule has 2 aromatic carbocycles. The number of anilines is 2. The summed E-state index contributed by atoms with van der Waals surface area (Å²) in [6.45, 7) is 4.78. The lowest BCUT2D eigenvalue weighted by Crippen LogP contribution is -2.55. The third kappa shape index (κ3) is 6.74. The minimum atomic E-state index is -0.896. The van der Waals surface area contributed by atoms with Crippen LogP contribution in [0.5, 0.6) is 6.01 Å². The van der Waals surface area contributed by atoms with Crippen LogP contribution in [-0.2, 0) is 22.5 Å². The van der Waals surface area contributed by atoms with Gasteiger partial charge in [-0.05, 0) is 43.3 Å². The van der Waals surface area contributed by atoms with Gasteiger partial charge in [0.25, 0.3) is 5.89 Å². The zero-order valence-corrected chi connectivity index (χ0v) is 30.9. The first-order valence-corrected chi connectivity index (χ1v) is 19.2. The van der Waals surface area contributed by atoms with Gasteiger partial charge in [-0.3, -0.25) is 9.69 Å². The smallest absolute Gasteiger partial charge is 0.318 e. The highest BCUT2D eigenvalue weighted by atomic mass is 35.5. The highest BCUT2D eigenvalue weighted by Gasteiger charge is 2.49. The maximum Gasteiger partial charge on any atom is 0.318 e. The van der Waals surface area contributed by atoms with Crippen LogP contribution in [0, 0.1) is 17.1 Å². The summed E-state index contributed by atoms with van der Waals surface area (Å²) in [5, 5.41) is 15.4. The molecule has 4 saturated heterocycles. The topological polar surface area (TPSA) is 137 Å². The van der Waals surface area contributed by atoms with E-state index >= 15 is 0 Å². The molecule has 0 aliphatic carbocycles. The van der Waals surface area contributed by atoms with Crippen molar-refractivity contribution in [3.63, 3.8) is 0 Å². The van der Waals surface area contributed by atoms with Crippen molar-refractivity contribution in [3.05, 3.63) is 70.2 Å². The van der Waals surface area contributed by atoms with Crippen molar-refractivity contribution in [2.24, 2.45) is 0 Å². The van der Waals surface area contributed by atoms with Gasteiger partial charge in [0.1, 0.15) is 24.4 Å². The standard InChI is InChI=1S/C39H40ClF2N9O4/c40-35-29(42)6-5-24-3-1-4-31(34(24)35)48-14-10-28-30(20-48)44-38(54-23-39-11-2-13-50(39)18-26(41)17-39)46-37(28)49-15-16-51(27(19-49)9-12-43)33(52)8-7-32-45-36(47-55-32)25-21-53-22-25/h1,3-8,25-27H,2,9-11,13-23H2/b8-7+/t26-,27+,39+/m1/s1. The molecule has 0 N–H and O–H groups in total. The van der Waals surface area contributed by atoms with Crippen LogP contribution in [0.25, 0.3) is 16.8 Å². The number of ether oxygens (including phenoxy) is 2. The molecule has 55 heavy (non-hydrogen) atoms. The van der Waals surface area contributed by atoms with Gasteiger partial charge in [-0.25, -0.2) is 8.78 Å². The van der Waals surface area contributed by atoms with Gasteiger partial charge in [0, 0.05) is 67.9 Å². The molecule has 0 spiro atoms.